The second-order valence-corrected chi connectivity index (χ2v) is 6.53. The van der Waals surface area contributed by atoms with Crippen LogP contribution in [-0.2, 0) is 52.0 Å². The summed E-state index contributed by atoms with van der Waals surface area (Å²) in [5.74, 6) is -3.92. The first-order valence-corrected chi connectivity index (χ1v) is 9.14. The Balaban J connectivity index is 6.08. The maximum atomic E-state index is 11.5. The highest BCUT2D eigenvalue weighted by atomic mass is 31.2. The molecule has 0 heterocycles. The molecule has 160 valence electrons. The van der Waals surface area contributed by atoms with E-state index in [1.165, 1.54) is 0 Å². The number of esters is 4. The van der Waals surface area contributed by atoms with Gasteiger partial charge < -0.3 is 28.7 Å². The zero-order valence-electron chi connectivity index (χ0n) is 15.4. The lowest BCUT2D eigenvalue weighted by molar-refractivity contribution is -0.199. The SMILES string of the molecule is CC(=O)O[C@@H]([C@H](OC(C)=O)[C@@H](COP(=O)(O)O)OC(C)=O)[C@@H](C=O)OC(C)=O. The van der Waals surface area contributed by atoms with Crippen LogP contribution in [0.3, 0.4) is 0 Å². The molecule has 4 atom stereocenters. The van der Waals surface area contributed by atoms with Crippen LogP contribution in [0.5, 0.6) is 0 Å². The highest BCUT2D eigenvalue weighted by molar-refractivity contribution is 7.46. The molecule has 0 saturated carbocycles. The van der Waals surface area contributed by atoms with Crippen molar-refractivity contribution in [1.29, 1.82) is 0 Å². The summed E-state index contributed by atoms with van der Waals surface area (Å²) >= 11 is 0. The van der Waals surface area contributed by atoms with Crippen LogP contribution in [0, 0.1) is 0 Å². The molecule has 0 radical (unpaired) electrons. The fraction of sp³-hybridized carbons (Fsp3) is 0.643. The first kappa shape index (κ1) is 25.7. The lowest BCUT2D eigenvalue weighted by Crippen LogP contribution is -2.53. The molecule has 0 aromatic rings. The van der Waals surface area contributed by atoms with Crippen molar-refractivity contribution in [3.63, 3.8) is 0 Å². The minimum absolute atomic E-state index is 0.0696. The molecule has 0 fully saturated rings. The van der Waals surface area contributed by atoms with Crippen molar-refractivity contribution in [2.45, 2.75) is 52.1 Å². The lowest BCUT2D eigenvalue weighted by Gasteiger charge is -2.33. The lowest BCUT2D eigenvalue weighted by atomic mass is 10.0. The monoisotopic (exact) mass is 428 g/mol. The molecule has 0 saturated heterocycles. The number of rotatable bonds is 11. The van der Waals surface area contributed by atoms with Crippen molar-refractivity contribution in [1.82, 2.24) is 0 Å². The maximum absolute atomic E-state index is 11.5. The molecular formula is C14H21O13P. The first-order chi connectivity index (χ1) is 12.8. The van der Waals surface area contributed by atoms with Gasteiger partial charge in [-0.2, -0.15) is 0 Å². The number of phosphoric ester groups is 1. The minimum Gasteiger partial charge on any atom is -0.456 e. The van der Waals surface area contributed by atoms with E-state index in [-0.39, 0.29) is 6.29 Å². The van der Waals surface area contributed by atoms with Gasteiger partial charge in [0.25, 0.3) is 0 Å². The molecule has 0 aliphatic carbocycles. The van der Waals surface area contributed by atoms with Crippen LogP contribution in [0.4, 0.5) is 0 Å². The fourth-order valence-corrected chi connectivity index (χ4v) is 2.34. The second-order valence-electron chi connectivity index (χ2n) is 5.29. The molecule has 0 aliphatic rings. The Hall–Kier alpha value is -2.34. The van der Waals surface area contributed by atoms with Gasteiger partial charge in [0.2, 0.25) is 0 Å². The molecule has 0 unspecified atom stereocenters. The van der Waals surface area contributed by atoms with Crippen LogP contribution >= 0.6 is 7.82 Å². The highest BCUT2D eigenvalue weighted by Gasteiger charge is 2.44. The van der Waals surface area contributed by atoms with Gasteiger partial charge in [-0.25, -0.2) is 4.57 Å². The predicted octanol–water partition coefficient (Wildman–Crippen LogP) is -0.979. The summed E-state index contributed by atoms with van der Waals surface area (Å²) in [6.07, 6.45) is -7.09. The molecule has 14 heteroatoms. The van der Waals surface area contributed by atoms with Crippen molar-refractivity contribution < 1.29 is 61.8 Å². The number of carbonyl (C=O) groups is 5. The molecule has 0 aliphatic heterocycles. The number of phosphoric acid groups is 1. The molecule has 0 aromatic carbocycles. The average molecular weight is 428 g/mol. The largest absolute Gasteiger partial charge is 0.469 e. The standard InChI is InChI=1S/C14H21O13P/c1-7(16)24-11(5-15)13(26-9(3)18)14(27-10(4)19)12(25-8(2)17)6-23-28(20,21)22/h5,11-14H,6H2,1-4H3,(H2,20,21,22)/t11-,12-,13-,14-/m1/s1. The van der Waals surface area contributed by atoms with E-state index in [0.29, 0.717) is 0 Å². The third-order valence-corrected chi connectivity index (χ3v) is 3.26. The maximum Gasteiger partial charge on any atom is 0.469 e. The number of carbonyl (C=O) groups excluding carboxylic acids is 5. The van der Waals surface area contributed by atoms with E-state index in [9.17, 15) is 28.5 Å². The van der Waals surface area contributed by atoms with Crippen LogP contribution in [0.2, 0.25) is 0 Å². The summed E-state index contributed by atoms with van der Waals surface area (Å²) in [5.41, 5.74) is 0. The Morgan fingerprint density at radius 3 is 1.61 bits per heavy atom. The highest BCUT2D eigenvalue weighted by Crippen LogP contribution is 2.36. The Morgan fingerprint density at radius 1 is 0.821 bits per heavy atom. The summed E-state index contributed by atoms with van der Waals surface area (Å²) in [7, 11) is -5.04. The third kappa shape index (κ3) is 10.7. The summed E-state index contributed by atoms with van der Waals surface area (Å²) in [5, 5.41) is 0. The fourth-order valence-electron chi connectivity index (χ4n) is 2.00. The minimum atomic E-state index is -5.04. The number of hydrogen-bond acceptors (Lipinski definition) is 11. The van der Waals surface area contributed by atoms with Crippen LogP contribution < -0.4 is 0 Å². The number of ether oxygens (including phenoxy) is 4. The van der Waals surface area contributed by atoms with Gasteiger partial charge in [0.15, 0.2) is 30.7 Å². The topological polar surface area (TPSA) is 189 Å². The Labute approximate surface area is 159 Å². The van der Waals surface area contributed by atoms with Gasteiger partial charge in [0.1, 0.15) is 0 Å². The van der Waals surface area contributed by atoms with Crippen LogP contribution in [-0.4, -0.2) is 71.0 Å². The summed E-state index contributed by atoms with van der Waals surface area (Å²) < 4.78 is 34.6. The zero-order chi connectivity index (χ0) is 22.1. The van der Waals surface area contributed by atoms with E-state index < -0.39 is 62.7 Å². The zero-order valence-corrected chi connectivity index (χ0v) is 16.3. The molecule has 28 heavy (non-hydrogen) atoms. The van der Waals surface area contributed by atoms with E-state index in [1.54, 1.807) is 0 Å². The summed E-state index contributed by atoms with van der Waals surface area (Å²) in [4.78, 5) is 74.5. The Kier molecular flexibility index (Phi) is 10.5. The van der Waals surface area contributed by atoms with E-state index in [2.05, 4.69) is 4.52 Å². The average Bonchev–Trinajstić information content (AvgIpc) is 2.50. The molecule has 2 N–H and O–H groups in total. The van der Waals surface area contributed by atoms with Gasteiger partial charge in [-0.05, 0) is 0 Å². The van der Waals surface area contributed by atoms with E-state index in [4.69, 9.17) is 28.7 Å². The summed E-state index contributed by atoms with van der Waals surface area (Å²) in [6.45, 7) is 2.72. The first-order valence-electron chi connectivity index (χ1n) is 7.61. The second kappa shape index (κ2) is 11.5. The molecule has 0 rings (SSSR count). The van der Waals surface area contributed by atoms with Gasteiger partial charge in [0, 0.05) is 27.7 Å². The normalized spacial score (nSPS) is 15.4. The molecule has 0 bridgehead atoms. The van der Waals surface area contributed by atoms with Crippen molar-refractivity contribution in [2.24, 2.45) is 0 Å². The molecule has 13 nitrogen and oxygen atoms in total. The third-order valence-electron chi connectivity index (χ3n) is 2.78. The van der Waals surface area contributed by atoms with Gasteiger partial charge in [0.05, 0.1) is 6.61 Å². The number of hydrogen-bond donors (Lipinski definition) is 2. The van der Waals surface area contributed by atoms with E-state index in [1.807, 2.05) is 0 Å². The molecule has 0 amide bonds. The van der Waals surface area contributed by atoms with Crippen molar-refractivity contribution in [3.8, 4) is 0 Å². The number of aldehydes is 1. The quantitative estimate of drug-likeness (QED) is 0.177. The van der Waals surface area contributed by atoms with E-state index >= 15 is 0 Å². The van der Waals surface area contributed by atoms with Crippen LogP contribution in [0.25, 0.3) is 0 Å². The van der Waals surface area contributed by atoms with Crippen molar-refractivity contribution >= 4 is 38.0 Å². The van der Waals surface area contributed by atoms with Crippen molar-refractivity contribution in [2.75, 3.05) is 6.61 Å². The van der Waals surface area contributed by atoms with Gasteiger partial charge in [-0.3, -0.25) is 28.5 Å². The summed E-state index contributed by atoms with van der Waals surface area (Å²) in [6, 6.07) is 0. The van der Waals surface area contributed by atoms with Gasteiger partial charge in [-0.1, -0.05) is 0 Å². The van der Waals surface area contributed by atoms with Gasteiger partial charge in [-0.15, -0.1) is 0 Å². The molecule has 0 spiro atoms. The van der Waals surface area contributed by atoms with Crippen LogP contribution in [0.15, 0.2) is 0 Å². The Morgan fingerprint density at radius 2 is 1.25 bits per heavy atom. The van der Waals surface area contributed by atoms with E-state index in [0.717, 1.165) is 27.7 Å². The predicted molar refractivity (Wildman–Crippen MR) is 86.3 cm³/mol. The Bertz CT molecular complexity index is 639. The van der Waals surface area contributed by atoms with Crippen molar-refractivity contribution in [3.05, 3.63) is 0 Å². The van der Waals surface area contributed by atoms with Crippen LogP contribution in [0.1, 0.15) is 27.7 Å². The molecular weight excluding hydrogens is 407 g/mol. The van der Waals surface area contributed by atoms with Gasteiger partial charge >= 0.3 is 31.7 Å². The molecule has 0 aromatic heterocycles. The smallest absolute Gasteiger partial charge is 0.456 e.